The minimum absolute atomic E-state index is 0.0129. The van der Waals surface area contributed by atoms with Crippen molar-refractivity contribution in [2.24, 2.45) is 0 Å². The van der Waals surface area contributed by atoms with Gasteiger partial charge >= 0.3 is 10.1 Å². The number of ether oxygens (including phenoxy) is 1. The van der Waals surface area contributed by atoms with Gasteiger partial charge in [-0.15, -0.1) is 0 Å². The molecule has 0 spiro atoms. The van der Waals surface area contributed by atoms with E-state index in [0.717, 1.165) is 11.8 Å². The van der Waals surface area contributed by atoms with Crippen molar-refractivity contribution < 1.29 is 25.8 Å². The molecule has 0 radical (unpaired) electrons. The van der Waals surface area contributed by atoms with E-state index < -0.39 is 20.1 Å². The molecule has 0 bridgehead atoms. The Bertz CT molecular complexity index is 1030. The van der Waals surface area contributed by atoms with E-state index in [1.165, 1.54) is 17.5 Å². The average Bonchev–Trinajstić information content (AvgIpc) is 2.58. The molecule has 0 atom stereocenters. The number of hydrogen-bond donors (Lipinski definition) is 0. The predicted molar refractivity (Wildman–Crippen MR) is 108 cm³/mol. The van der Waals surface area contributed by atoms with Gasteiger partial charge in [-0.3, -0.25) is 0 Å². The fourth-order valence-corrected chi connectivity index (χ4v) is 4.70. The minimum atomic E-state index is -3.76. The first-order valence-electron chi connectivity index (χ1n) is 8.59. The molecule has 0 aliphatic carbocycles. The second-order valence-corrected chi connectivity index (χ2v) is 10.2. The molecule has 0 N–H and O–H groups in total. The van der Waals surface area contributed by atoms with Crippen LogP contribution in [0.1, 0.15) is 25.0 Å². The molecule has 0 unspecified atom stereocenters. The summed E-state index contributed by atoms with van der Waals surface area (Å²) in [7, 11) is -6.10. The van der Waals surface area contributed by atoms with Gasteiger partial charge in [0.15, 0.2) is 11.5 Å². The summed E-state index contributed by atoms with van der Waals surface area (Å²) in [4.78, 5) is 0.202. The molecule has 9 heteroatoms. The lowest BCUT2D eigenvalue weighted by Crippen LogP contribution is -2.36. The Morgan fingerprint density at radius 2 is 1.57 bits per heavy atom. The zero-order valence-corrected chi connectivity index (χ0v) is 18.2. The minimum Gasteiger partial charge on any atom is -0.493 e. The van der Waals surface area contributed by atoms with Crippen LogP contribution in [0.5, 0.6) is 11.5 Å². The van der Waals surface area contributed by atoms with Crippen molar-refractivity contribution in [3.05, 3.63) is 53.6 Å². The molecule has 0 amide bonds. The molecule has 28 heavy (non-hydrogen) atoms. The Balaban J connectivity index is 2.41. The lowest BCUT2D eigenvalue weighted by molar-refractivity contribution is 0.346. The van der Waals surface area contributed by atoms with Crippen LogP contribution >= 0.6 is 0 Å². The van der Waals surface area contributed by atoms with Crippen LogP contribution < -0.4 is 8.92 Å². The highest BCUT2D eigenvalue weighted by molar-refractivity contribution is 7.89. The quantitative estimate of drug-likeness (QED) is 0.602. The molecule has 0 saturated carbocycles. The number of aryl methyl sites for hydroxylation is 1. The van der Waals surface area contributed by atoms with Gasteiger partial charge in [-0.2, -0.15) is 12.7 Å². The molecule has 2 rings (SSSR count). The summed E-state index contributed by atoms with van der Waals surface area (Å²) >= 11 is 0. The molecular weight excluding hydrogens is 402 g/mol. The number of rotatable bonds is 8. The van der Waals surface area contributed by atoms with Crippen molar-refractivity contribution in [2.45, 2.75) is 38.3 Å². The Hall–Kier alpha value is -2.10. The van der Waals surface area contributed by atoms with E-state index in [-0.39, 0.29) is 29.0 Å². The standard InChI is InChI=1S/C19H25NO6S2/c1-14(2)20(28(23,24)17-9-6-15(3)7-10-17)13-16-8-11-18(25-4)19(12-16)26-27(5,21)22/h6-12,14H,13H2,1-5H3. The van der Waals surface area contributed by atoms with Gasteiger partial charge < -0.3 is 8.92 Å². The maximum Gasteiger partial charge on any atom is 0.306 e. The van der Waals surface area contributed by atoms with Crippen LogP contribution in [0, 0.1) is 6.92 Å². The van der Waals surface area contributed by atoms with E-state index in [9.17, 15) is 16.8 Å². The van der Waals surface area contributed by atoms with Crippen LogP contribution in [0.2, 0.25) is 0 Å². The largest absolute Gasteiger partial charge is 0.493 e. The maximum absolute atomic E-state index is 13.1. The molecule has 2 aromatic carbocycles. The average molecular weight is 428 g/mol. The van der Waals surface area contributed by atoms with Crippen LogP contribution in [-0.4, -0.2) is 40.5 Å². The van der Waals surface area contributed by atoms with Crippen molar-refractivity contribution in [2.75, 3.05) is 13.4 Å². The van der Waals surface area contributed by atoms with Crippen LogP contribution in [-0.2, 0) is 26.7 Å². The second-order valence-electron chi connectivity index (χ2n) is 6.73. The predicted octanol–water partition coefficient (Wildman–Crippen LogP) is 2.94. The fraction of sp³-hybridized carbons (Fsp3) is 0.368. The topological polar surface area (TPSA) is 90.0 Å². The molecule has 0 aliphatic heterocycles. The number of nitrogens with zero attached hydrogens (tertiary/aromatic N) is 1. The van der Waals surface area contributed by atoms with Crippen molar-refractivity contribution in [3.63, 3.8) is 0 Å². The van der Waals surface area contributed by atoms with Crippen molar-refractivity contribution >= 4 is 20.1 Å². The number of sulfonamides is 1. The third-order valence-electron chi connectivity index (χ3n) is 4.01. The smallest absolute Gasteiger partial charge is 0.306 e. The summed E-state index contributed by atoms with van der Waals surface area (Å²) in [6, 6.07) is 11.0. The summed E-state index contributed by atoms with van der Waals surface area (Å²) in [6.07, 6.45) is 0.932. The summed E-state index contributed by atoms with van der Waals surface area (Å²) in [5, 5.41) is 0. The van der Waals surface area contributed by atoms with E-state index in [1.54, 1.807) is 50.2 Å². The van der Waals surface area contributed by atoms with Gasteiger partial charge in [0.05, 0.1) is 18.3 Å². The van der Waals surface area contributed by atoms with Crippen molar-refractivity contribution in [3.8, 4) is 11.5 Å². The van der Waals surface area contributed by atoms with E-state index >= 15 is 0 Å². The Labute approximate surface area is 167 Å². The number of benzene rings is 2. The lowest BCUT2D eigenvalue weighted by Gasteiger charge is -2.26. The third kappa shape index (κ3) is 5.46. The molecule has 0 saturated heterocycles. The van der Waals surface area contributed by atoms with Gasteiger partial charge in [-0.05, 0) is 50.6 Å². The normalized spacial score (nSPS) is 12.4. The first-order valence-corrected chi connectivity index (χ1v) is 11.8. The van der Waals surface area contributed by atoms with Crippen LogP contribution in [0.15, 0.2) is 47.4 Å². The monoisotopic (exact) mass is 427 g/mol. The van der Waals surface area contributed by atoms with Crippen LogP contribution in [0.25, 0.3) is 0 Å². The van der Waals surface area contributed by atoms with Gasteiger partial charge in [0, 0.05) is 12.6 Å². The highest BCUT2D eigenvalue weighted by atomic mass is 32.2. The molecule has 7 nitrogen and oxygen atoms in total. The second kappa shape index (κ2) is 8.50. The Morgan fingerprint density at radius 3 is 2.07 bits per heavy atom. The molecule has 0 aliphatic rings. The van der Waals surface area contributed by atoms with Crippen molar-refractivity contribution in [1.82, 2.24) is 4.31 Å². The van der Waals surface area contributed by atoms with E-state index in [0.29, 0.717) is 5.56 Å². The fourth-order valence-electron chi connectivity index (χ4n) is 2.62. The van der Waals surface area contributed by atoms with E-state index in [1.807, 2.05) is 6.92 Å². The highest BCUT2D eigenvalue weighted by Crippen LogP contribution is 2.31. The van der Waals surface area contributed by atoms with Crippen molar-refractivity contribution in [1.29, 1.82) is 0 Å². The van der Waals surface area contributed by atoms with Crippen LogP contribution in [0.3, 0.4) is 0 Å². The third-order valence-corrected chi connectivity index (χ3v) is 6.53. The summed E-state index contributed by atoms with van der Waals surface area (Å²) in [5.41, 5.74) is 1.54. The molecular formula is C19H25NO6S2. The molecule has 0 aromatic heterocycles. The maximum atomic E-state index is 13.1. The molecule has 0 fully saturated rings. The number of methoxy groups -OCH3 is 1. The Morgan fingerprint density at radius 1 is 0.964 bits per heavy atom. The van der Waals surface area contributed by atoms with Gasteiger partial charge in [0.1, 0.15) is 0 Å². The Kier molecular flexibility index (Phi) is 6.74. The summed E-state index contributed by atoms with van der Waals surface area (Å²) in [5.74, 6) is 0.255. The first kappa shape index (κ1) is 22.2. The SMILES string of the molecule is COc1ccc(CN(C(C)C)S(=O)(=O)c2ccc(C)cc2)cc1OS(C)(=O)=O. The molecule has 0 heterocycles. The molecule has 2 aromatic rings. The van der Waals surface area contributed by atoms with Gasteiger partial charge in [0.25, 0.3) is 0 Å². The summed E-state index contributed by atoms with van der Waals surface area (Å²) < 4.78 is 60.6. The van der Waals surface area contributed by atoms with Gasteiger partial charge in [0.2, 0.25) is 10.0 Å². The first-order chi connectivity index (χ1) is 12.9. The van der Waals surface area contributed by atoms with Gasteiger partial charge in [-0.25, -0.2) is 8.42 Å². The zero-order valence-electron chi connectivity index (χ0n) is 16.5. The van der Waals surface area contributed by atoms with E-state index in [4.69, 9.17) is 8.92 Å². The van der Waals surface area contributed by atoms with Crippen LogP contribution in [0.4, 0.5) is 0 Å². The lowest BCUT2D eigenvalue weighted by atomic mass is 10.2. The number of hydrogen-bond acceptors (Lipinski definition) is 6. The molecule has 154 valence electrons. The summed E-state index contributed by atoms with van der Waals surface area (Å²) in [6.45, 7) is 5.50. The highest BCUT2D eigenvalue weighted by Gasteiger charge is 2.27. The van der Waals surface area contributed by atoms with E-state index in [2.05, 4.69) is 0 Å². The van der Waals surface area contributed by atoms with Gasteiger partial charge in [-0.1, -0.05) is 23.8 Å². The zero-order chi connectivity index (χ0) is 21.1.